The summed E-state index contributed by atoms with van der Waals surface area (Å²) in [7, 11) is 0. The Kier molecular flexibility index (Phi) is 5.07. The second-order valence-corrected chi connectivity index (χ2v) is 6.44. The molecule has 3 amide bonds. The number of nitrogens with two attached hydrogens (primary N) is 1. The van der Waals surface area contributed by atoms with Crippen LogP contribution in [0.3, 0.4) is 0 Å². The van der Waals surface area contributed by atoms with Gasteiger partial charge in [-0.3, -0.25) is 4.79 Å². The highest BCUT2D eigenvalue weighted by Crippen LogP contribution is 2.51. The van der Waals surface area contributed by atoms with Crippen LogP contribution in [0.2, 0.25) is 0 Å². The molecule has 0 bridgehead atoms. The topological polar surface area (TPSA) is 84.2 Å². The Labute approximate surface area is 153 Å². The van der Waals surface area contributed by atoms with Gasteiger partial charge in [0.25, 0.3) is 0 Å². The molecule has 1 aliphatic rings. The maximum atomic E-state index is 13.1. The summed E-state index contributed by atoms with van der Waals surface area (Å²) in [5.41, 5.74) is 5.82. The Morgan fingerprint density at radius 3 is 2.37 bits per heavy atom. The molecule has 1 fully saturated rings. The quantitative estimate of drug-likeness (QED) is 0.744. The first-order valence-corrected chi connectivity index (χ1v) is 8.35. The first kappa shape index (κ1) is 18.8. The normalized spacial score (nSPS) is 18.6. The van der Waals surface area contributed by atoms with E-state index in [0.29, 0.717) is 12.1 Å². The van der Waals surface area contributed by atoms with E-state index in [4.69, 9.17) is 5.73 Å². The van der Waals surface area contributed by atoms with Gasteiger partial charge >= 0.3 is 12.2 Å². The molecule has 0 aromatic heterocycles. The molecule has 2 aromatic carbocycles. The maximum Gasteiger partial charge on any atom is 0.416 e. The van der Waals surface area contributed by atoms with Crippen LogP contribution in [0, 0.1) is 5.92 Å². The zero-order valence-electron chi connectivity index (χ0n) is 14.2. The van der Waals surface area contributed by atoms with Gasteiger partial charge in [0.2, 0.25) is 5.91 Å². The summed E-state index contributed by atoms with van der Waals surface area (Å²) >= 11 is 0. The van der Waals surface area contributed by atoms with Crippen molar-refractivity contribution in [1.82, 2.24) is 5.32 Å². The number of benzene rings is 2. The lowest BCUT2D eigenvalue weighted by atomic mass is 10.0. The molecule has 0 spiro atoms. The predicted molar refractivity (Wildman–Crippen MR) is 93.8 cm³/mol. The summed E-state index contributed by atoms with van der Waals surface area (Å²) in [5, 5.41) is 5.17. The molecule has 3 rings (SSSR count). The van der Waals surface area contributed by atoms with Gasteiger partial charge in [0.1, 0.15) is 0 Å². The van der Waals surface area contributed by atoms with E-state index >= 15 is 0 Å². The van der Waals surface area contributed by atoms with Gasteiger partial charge in [-0.2, -0.15) is 13.2 Å². The van der Waals surface area contributed by atoms with Crippen LogP contribution in [0.4, 0.5) is 23.7 Å². The minimum absolute atomic E-state index is 0.165. The van der Waals surface area contributed by atoms with Crippen molar-refractivity contribution in [2.75, 3.05) is 5.32 Å². The number of amides is 3. The van der Waals surface area contributed by atoms with E-state index < -0.39 is 29.6 Å². The monoisotopic (exact) mass is 377 g/mol. The van der Waals surface area contributed by atoms with E-state index in [9.17, 15) is 22.8 Å². The van der Waals surface area contributed by atoms with Crippen LogP contribution in [0.15, 0.2) is 48.5 Å². The molecule has 0 heterocycles. The highest BCUT2D eigenvalue weighted by Gasteiger charge is 2.47. The van der Waals surface area contributed by atoms with Crippen molar-refractivity contribution in [3.05, 3.63) is 65.2 Å². The molecule has 2 unspecified atom stereocenters. The van der Waals surface area contributed by atoms with E-state index in [1.807, 2.05) is 0 Å². The van der Waals surface area contributed by atoms with Gasteiger partial charge in [0.15, 0.2) is 0 Å². The number of carbonyl (C=O) groups is 2. The van der Waals surface area contributed by atoms with Crippen LogP contribution < -0.4 is 16.4 Å². The Balaban J connectivity index is 1.62. The van der Waals surface area contributed by atoms with Crippen LogP contribution >= 0.6 is 0 Å². The fraction of sp³-hybridized carbons (Fsp3) is 0.263. The number of primary amides is 1. The molecular weight excluding hydrogens is 359 g/mol. The Morgan fingerprint density at radius 2 is 1.74 bits per heavy atom. The van der Waals surface area contributed by atoms with E-state index in [1.165, 1.54) is 12.1 Å². The summed E-state index contributed by atoms with van der Waals surface area (Å²) in [6, 6.07) is 11.5. The minimum Gasteiger partial charge on any atom is -0.352 e. The zero-order valence-corrected chi connectivity index (χ0v) is 14.2. The lowest BCUT2D eigenvalue weighted by Gasteiger charge is -2.12. The molecule has 0 saturated heterocycles. The maximum absolute atomic E-state index is 13.1. The first-order chi connectivity index (χ1) is 12.8. The van der Waals surface area contributed by atoms with Crippen LogP contribution in [0.25, 0.3) is 0 Å². The molecule has 2 atom stereocenters. The average Bonchev–Trinajstić information content (AvgIpc) is 3.41. The van der Waals surface area contributed by atoms with Crippen molar-refractivity contribution >= 4 is 17.6 Å². The van der Waals surface area contributed by atoms with Crippen molar-refractivity contribution in [1.29, 1.82) is 0 Å². The smallest absolute Gasteiger partial charge is 0.352 e. The van der Waals surface area contributed by atoms with Gasteiger partial charge in [-0.25, -0.2) is 4.79 Å². The zero-order chi connectivity index (χ0) is 19.6. The number of alkyl halides is 3. The van der Waals surface area contributed by atoms with Crippen molar-refractivity contribution in [2.24, 2.45) is 11.7 Å². The van der Waals surface area contributed by atoms with E-state index in [-0.39, 0.29) is 18.0 Å². The second-order valence-electron chi connectivity index (χ2n) is 6.44. The number of rotatable bonds is 5. The molecule has 2 aromatic rings. The van der Waals surface area contributed by atoms with Crippen molar-refractivity contribution in [3.8, 4) is 0 Å². The molecule has 0 aliphatic heterocycles. The van der Waals surface area contributed by atoms with Gasteiger partial charge in [-0.1, -0.05) is 30.3 Å². The fourth-order valence-corrected chi connectivity index (χ4v) is 3.04. The number of carbonyl (C=O) groups excluding carboxylic acids is 2. The Morgan fingerprint density at radius 1 is 1.07 bits per heavy atom. The van der Waals surface area contributed by atoms with Crippen LogP contribution in [0.1, 0.15) is 29.0 Å². The van der Waals surface area contributed by atoms with Crippen LogP contribution in [-0.4, -0.2) is 11.9 Å². The van der Waals surface area contributed by atoms with Gasteiger partial charge in [0.05, 0.1) is 5.56 Å². The van der Waals surface area contributed by atoms with E-state index in [2.05, 4.69) is 10.6 Å². The first-order valence-electron chi connectivity index (χ1n) is 8.35. The third-order valence-corrected chi connectivity index (χ3v) is 4.48. The SMILES string of the molecule is NC(=O)NCc1ccc(NC(=O)C2CC2c2ccccc2C(F)(F)F)cc1. The van der Waals surface area contributed by atoms with E-state index in [0.717, 1.165) is 11.6 Å². The number of nitrogens with one attached hydrogen (secondary N) is 2. The number of halogens is 3. The van der Waals surface area contributed by atoms with Gasteiger partial charge in [0, 0.05) is 18.2 Å². The average molecular weight is 377 g/mol. The van der Waals surface area contributed by atoms with Gasteiger partial charge in [-0.15, -0.1) is 0 Å². The lowest BCUT2D eigenvalue weighted by molar-refractivity contribution is -0.138. The summed E-state index contributed by atoms with van der Waals surface area (Å²) < 4.78 is 39.4. The minimum atomic E-state index is -4.44. The molecule has 0 radical (unpaired) electrons. The van der Waals surface area contributed by atoms with Crippen LogP contribution in [-0.2, 0) is 17.5 Å². The molecule has 1 saturated carbocycles. The van der Waals surface area contributed by atoms with Crippen molar-refractivity contribution < 1.29 is 22.8 Å². The Bertz CT molecular complexity index is 850. The van der Waals surface area contributed by atoms with Crippen LogP contribution in [0.5, 0.6) is 0 Å². The largest absolute Gasteiger partial charge is 0.416 e. The molecule has 5 nitrogen and oxygen atoms in total. The van der Waals surface area contributed by atoms with Gasteiger partial charge < -0.3 is 16.4 Å². The number of hydrogen-bond donors (Lipinski definition) is 3. The Hall–Kier alpha value is -3.03. The second kappa shape index (κ2) is 7.30. The summed E-state index contributed by atoms with van der Waals surface area (Å²) in [6.45, 7) is 0.266. The third kappa shape index (κ3) is 4.58. The van der Waals surface area contributed by atoms with Crippen molar-refractivity contribution in [2.45, 2.75) is 25.1 Å². The standard InChI is InChI=1S/C19H18F3N3O2/c20-19(21,22)16-4-2-1-3-13(16)14-9-15(14)17(26)25-12-7-5-11(6-8-12)10-24-18(23)27/h1-8,14-15H,9-10H2,(H,25,26)(H3,23,24,27). The van der Waals surface area contributed by atoms with Crippen molar-refractivity contribution in [3.63, 3.8) is 0 Å². The molecule has 27 heavy (non-hydrogen) atoms. The van der Waals surface area contributed by atoms with E-state index in [1.54, 1.807) is 30.3 Å². The number of hydrogen-bond acceptors (Lipinski definition) is 2. The molecule has 4 N–H and O–H groups in total. The molecule has 142 valence electrons. The summed E-state index contributed by atoms with van der Waals surface area (Å²) in [6.07, 6.45) is -4.05. The lowest BCUT2D eigenvalue weighted by Crippen LogP contribution is -2.28. The molecule has 8 heteroatoms. The summed E-state index contributed by atoms with van der Waals surface area (Å²) in [5.74, 6) is -1.22. The molecular formula is C19H18F3N3O2. The summed E-state index contributed by atoms with van der Waals surface area (Å²) in [4.78, 5) is 23.0. The number of anilines is 1. The fourth-order valence-electron chi connectivity index (χ4n) is 3.04. The highest BCUT2D eigenvalue weighted by atomic mass is 19.4. The third-order valence-electron chi connectivity index (χ3n) is 4.48. The highest BCUT2D eigenvalue weighted by molar-refractivity contribution is 5.95. The predicted octanol–water partition coefficient (Wildman–Crippen LogP) is 3.62. The number of urea groups is 1. The molecule has 1 aliphatic carbocycles. The van der Waals surface area contributed by atoms with Gasteiger partial charge in [-0.05, 0) is 41.7 Å².